The average Bonchev–Trinajstić information content (AvgIpc) is 2.47. The zero-order valence-electron chi connectivity index (χ0n) is 12.9. The molecular formula is C18H20O3. The molecule has 0 aliphatic heterocycles. The Labute approximate surface area is 125 Å². The van der Waals surface area contributed by atoms with Gasteiger partial charge in [0.25, 0.3) is 0 Å². The number of rotatable bonds is 4. The maximum absolute atomic E-state index is 11.6. The molecule has 0 unspecified atom stereocenters. The molecule has 3 nitrogen and oxygen atoms in total. The zero-order chi connectivity index (χ0) is 15.4. The second-order valence-electron chi connectivity index (χ2n) is 5.15. The van der Waals surface area contributed by atoms with Gasteiger partial charge in [0.05, 0.1) is 12.7 Å². The Morgan fingerprint density at radius 1 is 1.00 bits per heavy atom. The van der Waals surface area contributed by atoms with Gasteiger partial charge in [-0.2, -0.15) is 0 Å². The van der Waals surface area contributed by atoms with Gasteiger partial charge in [-0.05, 0) is 55.2 Å². The highest BCUT2D eigenvalue weighted by atomic mass is 16.5. The Bertz CT molecular complexity index is 636. The van der Waals surface area contributed by atoms with E-state index in [0.717, 1.165) is 22.4 Å². The van der Waals surface area contributed by atoms with E-state index in [1.165, 1.54) is 12.7 Å². The fourth-order valence-corrected chi connectivity index (χ4v) is 2.34. The molecule has 110 valence electrons. The summed E-state index contributed by atoms with van der Waals surface area (Å²) in [5.74, 6) is 0.498. The van der Waals surface area contributed by atoms with Crippen LogP contribution in [0.5, 0.6) is 5.75 Å². The van der Waals surface area contributed by atoms with Crippen LogP contribution in [0.15, 0.2) is 36.4 Å². The minimum atomic E-state index is -0.327. The van der Waals surface area contributed by atoms with E-state index in [1.54, 1.807) is 12.1 Å². The fourth-order valence-electron chi connectivity index (χ4n) is 2.34. The summed E-state index contributed by atoms with van der Waals surface area (Å²) in [4.78, 5) is 11.6. The zero-order valence-corrected chi connectivity index (χ0v) is 12.9. The van der Waals surface area contributed by atoms with Crippen molar-refractivity contribution in [2.24, 2.45) is 0 Å². The van der Waals surface area contributed by atoms with Crippen molar-refractivity contribution in [3.05, 3.63) is 64.2 Å². The molecule has 2 aromatic rings. The van der Waals surface area contributed by atoms with Crippen LogP contribution in [-0.4, -0.2) is 13.1 Å². The van der Waals surface area contributed by atoms with Gasteiger partial charge in [-0.1, -0.05) is 24.3 Å². The van der Waals surface area contributed by atoms with E-state index >= 15 is 0 Å². The maximum atomic E-state index is 11.6. The van der Waals surface area contributed by atoms with E-state index in [1.807, 2.05) is 26.0 Å². The van der Waals surface area contributed by atoms with Crippen LogP contribution < -0.4 is 4.74 Å². The van der Waals surface area contributed by atoms with Crippen molar-refractivity contribution in [2.45, 2.75) is 27.4 Å². The van der Waals surface area contributed by atoms with Gasteiger partial charge in [0, 0.05) is 0 Å². The van der Waals surface area contributed by atoms with Crippen LogP contribution in [0.2, 0.25) is 0 Å². The standard InChI is InChI=1S/C18H20O3/c1-12-7-5-6-8-15(12)11-21-17-13(2)9-16(10-14(17)3)18(19)20-4/h5-10H,11H2,1-4H3. The highest BCUT2D eigenvalue weighted by molar-refractivity contribution is 5.90. The molecule has 0 aliphatic rings. The van der Waals surface area contributed by atoms with Crippen molar-refractivity contribution in [3.8, 4) is 5.75 Å². The summed E-state index contributed by atoms with van der Waals surface area (Å²) in [6.07, 6.45) is 0. The molecule has 2 rings (SSSR count). The van der Waals surface area contributed by atoms with E-state index in [-0.39, 0.29) is 5.97 Å². The molecule has 0 heterocycles. The Morgan fingerprint density at radius 2 is 1.62 bits per heavy atom. The van der Waals surface area contributed by atoms with Gasteiger partial charge in [0.2, 0.25) is 0 Å². The molecule has 0 atom stereocenters. The first kappa shape index (κ1) is 15.1. The second-order valence-corrected chi connectivity index (χ2v) is 5.15. The van der Waals surface area contributed by atoms with Crippen LogP contribution in [-0.2, 0) is 11.3 Å². The van der Waals surface area contributed by atoms with Gasteiger partial charge in [-0.3, -0.25) is 0 Å². The van der Waals surface area contributed by atoms with Crippen molar-refractivity contribution >= 4 is 5.97 Å². The third kappa shape index (κ3) is 3.43. The summed E-state index contributed by atoms with van der Waals surface area (Å²) in [6, 6.07) is 11.7. The largest absolute Gasteiger partial charge is 0.488 e. The van der Waals surface area contributed by atoms with Gasteiger partial charge >= 0.3 is 5.97 Å². The van der Waals surface area contributed by atoms with Gasteiger partial charge < -0.3 is 9.47 Å². The van der Waals surface area contributed by atoms with Crippen molar-refractivity contribution < 1.29 is 14.3 Å². The molecule has 0 radical (unpaired) electrons. The summed E-state index contributed by atoms with van der Waals surface area (Å²) in [5.41, 5.74) is 4.79. The molecule has 0 saturated heterocycles. The number of esters is 1. The van der Waals surface area contributed by atoms with E-state index < -0.39 is 0 Å². The maximum Gasteiger partial charge on any atom is 0.337 e. The minimum absolute atomic E-state index is 0.327. The third-order valence-electron chi connectivity index (χ3n) is 3.51. The monoisotopic (exact) mass is 284 g/mol. The van der Waals surface area contributed by atoms with Crippen LogP contribution in [0.3, 0.4) is 0 Å². The SMILES string of the molecule is COC(=O)c1cc(C)c(OCc2ccccc2C)c(C)c1. The number of carbonyl (C=O) groups excluding carboxylic acids is 1. The van der Waals surface area contributed by atoms with Gasteiger partial charge in [-0.25, -0.2) is 4.79 Å². The lowest BCUT2D eigenvalue weighted by Crippen LogP contribution is -2.05. The Hall–Kier alpha value is -2.29. The molecule has 0 N–H and O–H groups in total. The molecule has 0 fully saturated rings. The molecule has 0 spiro atoms. The first-order valence-electron chi connectivity index (χ1n) is 6.89. The Kier molecular flexibility index (Phi) is 4.63. The van der Waals surface area contributed by atoms with Crippen molar-refractivity contribution in [2.75, 3.05) is 7.11 Å². The lowest BCUT2D eigenvalue weighted by atomic mass is 10.1. The van der Waals surface area contributed by atoms with Crippen molar-refractivity contribution in [1.29, 1.82) is 0 Å². The first-order valence-corrected chi connectivity index (χ1v) is 6.89. The lowest BCUT2D eigenvalue weighted by molar-refractivity contribution is 0.0600. The van der Waals surface area contributed by atoms with Crippen LogP contribution in [0.4, 0.5) is 0 Å². The van der Waals surface area contributed by atoms with E-state index in [9.17, 15) is 4.79 Å². The van der Waals surface area contributed by atoms with Gasteiger partial charge in [-0.15, -0.1) is 0 Å². The number of carbonyl (C=O) groups is 1. The topological polar surface area (TPSA) is 35.5 Å². The highest BCUT2D eigenvalue weighted by Gasteiger charge is 2.12. The van der Waals surface area contributed by atoms with Crippen molar-refractivity contribution in [1.82, 2.24) is 0 Å². The smallest absolute Gasteiger partial charge is 0.337 e. The number of benzene rings is 2. The third-order valence-corrected chi connectivity index (χ3v) is 3.51. The molecule has 0 aliphatic carbocycles. The Morgan fingerprint density at radius 3 is 2.19 bits per heavy atom. The molecule has 0 saturated carbocycles. The quantitative estimate of drug-likeness (QED) is 0.797. The van der Waals surface area contributed by atoms with Gasteiger partial charge in [0.15, 0.2) is 0 Å². The highest BCUT2D eigenvalue weighted by Crippen LogP contribution is 2.26. The molecular weight excluding hydrogens is 264 g/mol. The number of hydrogen-bond acceptors (Lipinski definition) is 3. The number of aryl methyl sites for hydroxylation is 3. The lowest BCUT2D eigenvalue weighted by Gasteiger charge is -2.14. The summed E-state index contributed by atoms with van der Waals surface area (Å²) < 4.78 is 10.7. The first-order chi connectivity index (χ1) is 10.0. The minimum Gasteiger partial charge on any atom is -0.488 e. The summed E-state index contributed by atoms with van der Waals surface area (Å²) in [6.45, 7) is 6.46. The predicted octanol–water partition coefficient (Wildman–Crippen LogP) is 3.98. The second kappa shape index (κ2) is 6.44. The number of hydrogen-bond donors (Lipinski definition) is 0. The normalized spacial score (nSPS) is 10.3. The average molecular weight is 284 g/mol. The predicted molar refractivity (Wildman–Crippen MR) is 82.8 cm³/mol. The van der Waals surface area contributed by atoms with Gasteiger partial charge in [0.1, 0.15) is 12.4 Å². The Balaban J connectivity index is 2.21. The summed E-state index contributed by atoms with van der Waals surface area (Å²) in [5, 5.41) is 0. The van der Waals surface area contributed by atoms with E-state index in [2.05, 4.69) is 19.1 Å². The summed E-state index contributed by atoms with van der Waals surface area (Å²) >= 11 is 0. The molecule has 0 aromatic heterocycles. The van der Waals surface area contributed by atoms with Crippen LogP contribution >= 0.6 is 0 Å². The van der Waals surface area contributed by atoms with Crippen LogP contribution in [0, 0.1) is 20.8 Å². The number of ether oxygens (including phenoxy) is 2. The van der Waals surface area contributed by atoms with Crippen LogP contribution in [0.1, 0.15) is 32.6 Å². The molecule has 0 amide bonds. The molecule has 21 heavy (non-hydrogen) atoms. The van der Waals surface area contributed by atoms with Crippen molar-refractivity contribution in [3.63, 3.8) is 0 Å². The van der Waals surface area contributed by atoms with E-state index in [4.69, 9.17) is 9.47 Å². The fraction of sp³-hybridized carbons (Fsp3) is 0.278. The molecule has 0 bridgehead atoms. The summed E-state index contributed by atoms with van der Waals surface area (Å²) in [7, 11) is 1.38. The number of methoxy groups -OCH3 is 1. The molecule has 2 aromatic carbocycles. The molecule has 3 heteroatoms. The van der Waals surface area contributed by atoms with Crippen LogP contribution in [0.25, 0.3) is 0 Å². The van der Waals surface area contributed by atoms with E-state index in [0.29, 0.717) is 12.2 Å².